The molecule has 3 aromatic rings. The second-order valence-corrected chi connectivity index (χ2v) is 4.79. The van der Waals surface area contributed by atoms with Gasteiger partial charge in [-0.3, -0.25) is 9.59 Å². The highest BCUT2D eigenvalue weighted by molar-refractivity contribution is 5.96. The first-order valence-electron chi connectivity index (χ1n) is 6.65. The molecule has 0 unspecified atom stereocenters. The lowest BCUT2D eigenvalue weighted by molar-refractivity contribution is -0.141. The highest BCUT2D eigenvalue weighted by Gasteiger charge is 2.14. The Bertz CT molecular complexity index is 816. The molecule has 3 rings (SSSR count). The van der Waals surface area contributed by atoms with Crippen molar-refractivity contribution >= 4 is 22.7 Å². The van der Waals surface area contributed by atoms with Gasteiger partial charge in [0.1, 0.15) is 11.3 Å². The molecule has 1 aromatic carbocycles. The van der Waals surface area contributed by atoms with Crippen LogP contribution in [-0.2, 0) is 16.0 Å². The molecule has 6 nitrogen and oxygen atoms in total. The van der Waals surface area contributed by atoms with Crippen molar-refractivity contribution in [2.24, 2.45) is 0 Å². The molecule has 112 valence electrons. The third-order valence-electron chi connectivity index (χ3n) is 3.24. The highest BCUT2D eigenvalue weighted by atomic mass is 16.5. The first-order valence-corrected chi connectivity index (χ1v) is 6.65. The van der Waals surface area contributed by atoms with Gasteiger partial charge in [0.25, 0.3) is 0 Å². The number of H-pyrrole nitrogens is 1. The number of esters is 1. The molecule has 0 saturated carbocycles. The van der Waals surface area contributed by atoms with Crippen LogP contribution in [0.15, 0.2) is 47.2 Å². The average Bonchev–Trinajstić information content (AvgIpc) is 3.15. The number of benzene rings is 1. The standard InChI is InChI=1S/C16H13NO5/c18-11-3-4-12-10(8-21-15(12)7-11)6-16(20)22-9-14(19)13-2-1-5-17-13/h1-5,7-8,17-18H,6,9H2. The molecule has 0 amide bonds. The van der Waals surface area contributed by atoms with Gasteiger partial charge in [-0.2, -0.15) is 0 Å². The van der Waals surface area contributed by atoms with Crippen molar-refractivity contribution < 1.29 is 23.8 Å². The minimum Gasteiger partial charge on any atom is -0.508 e. The van der Waals surface area contributed by atoms with Gasteiger partial charge >= 0.3 is 5.97 Å². The Morgan fingerprint density at radius 2 is 2.14 bits per heavy atom. The van der Waals surface area contributed by atoms with E-state index in [1.165, 1.54) is 18.4 Å². The zero-order chi connectivity index (χ0) is 15.5. The number of hydrogen-bond donors (Lipinski definition) is 2. The number of aromatic nitrogens is 1. The van der Waals surface area contributed by atoms with Crippen LogP contribution >= 0.6 is 0 Å². The summed E-state index contributed by atoms with van der Waals surface area (Å²) in [6.45, 7) is -0.310. The number of aromatic hydroxyl groups is 1. The number of hydrogen-bond acceptors (Lipinski definition) is 5. The fourth-order valence-corrected chi connectivity index (χ4v) is 2.14. The Hall–Kier alpha value is -3.02. The summed E-state index contributed by atoms with van der Waals surface area (Å²) in [5, 5.41) is 10.1. The molecule has 0 atom stereocenters. The van der Waals surface area contributed by atoms with Crippen LogP contribution in [0.4, 0.5) is 0 Å². The highest BCUT2D eigenvalue weighted by Crippen LogP contribution is 2.25. The first-order chi connectivity index (χ1) is 10.6. The Labute approximate surface area is 125 Å². The van der Waals surface area contributed by atoms with Gasteiger partial charge in [0, 0.05) is 23.2 Å². The number of rotatable bonds is 5. The molecule has 0 radical (unpaired) electrons. The molecular formula is C16H13NO5. The molecule has 2 aromatic heterocycles. The van der Waals surface area contributed by atoms with Crippen molar-refractivity contribution in [1.29, 1.82) is 0 Å². The van der Waals surface area contributed by atoms with Crippen LogP contribution in [0.2, 0.25) is 0 Å². The fourth-order valence-electron chi connectivity index (χ4n) is 2.14. The second-order valence-electron chi connectivity index (χ2n) is 4.79. The van der Waals surface area contributed by atoms with E-state index in [0.29, 0.717) is 16.8 Å². The van der Waals surface area contributed by atoms with Crippen molar-refractivity contribution in [2.75, 3.05) is 6.61 Å². The van der Waals surface area contributed by atoms with Crippen molar-refractivity contribution in [3.8, 4) is 5.75 Å². The van der Waals surface area contributed by atoms with E-state index in [0.717, 1.165) is 5.39 Å². The van der Waals surface area contributed by atoms with Crippen LogP contribution < -0.4 is 0 Å². The Morgan fingerprint density at radius 1 is 1.27 bits per heavy atom. The van der Waals surface area contributed by atoms with E-state index < -0.39 is 5.97 Å². The van der Waals surface area contributed by atoms with Crippen LogP contribution in [0.1, 0.15) is 16.1 Å². The molecule has 6 heteroatoms. The molecule has 2 heterocycles. The maximum absolute atomic E-state index is 11.8. The van der Waals surface area contributed by atoms with E-state index in [9.17, 15) is 14.7 Å². The van der Waals surface area contributed by atoms with Crippen LogP contribution in [0.5, 0.6) is 5.75 Å². The summed E-state index contributed by atoms with van der Waals surface area (Å²) in [5.74, 6) is -0.719. The predicted octanol–water partition coefficient (Wildman–Crippen LogP) is 2.44. The lowest BCUT2D eigenvalue weighted by Crippen LogP contribution is -2.15. The number of ether oxygens (including phenoxy) is 1. The number of carbonyl (C=O) groups is 2. The molecule has 2 N–H and O–H groups in total. The Balaban J connectivity index is 1.62. The molecule has 0 spiro atoms. The molecule has 22 heavy (non-hydrogen) atoms. The zero-order valence-corrected chi connectivity index (χ0v) is 11.5. The van der Waals surface area contributed by atoms with Gasteiger partial charge in [0.2, 0.25) is 5.78 Å². The Morgan fingerprint density at radius 3 is 2.91 bits per heavy atom. The van der Waals surface area contributed by atoms with Gasteiger partial charge in [-0.05, 0) is 24.3 Å². The van der Waals surface area contributed by atoms with Gasteiger partial charge in [-0.15, -0.1) is 0 Å². The number of ketones is 1. The second kappa shape index (κ2) is 5.77. The number of phenols is 1. The molecule has 0 aliphatic heterocycles. The molecule has 0 aliphatic rings. The normalized spacial score (nSPS) is 10.7. The van der Waals surface area contributed by atoms with Gasteiger partial charge < -0.3 is 19.2 Å². The number of aromatic amines is 1. The lowest BCUT2D eigenvalue weighted by Gasteiger charge is -2.02. The number of Topliss-reactive ketones (excluding diaryl/α,β-unsaturated/α-hetero) is 1. The summed E-state index contributed by atoms with van der Waals surface area (Å²) in [5.41, 5.74) is 1.54. The SMILES string of the molecule is O=C(Cc1coc2cc(O)ccc12)OCC(=O)c1ccc[nH]1. The van der Waals surface area contributed by atoms with Crippen molar-refractivity contribution in [1.82, 2.24) is 4.98 Å². The van der Waals surface area contributed by atoms with Gasteiger partial charge in [0.05, 0.1) is 18.4 Å². The number of furan rings is 1. The minimum atomic E-state index is -0.518. The molecular weight excluding hydrogens is 286 g/mol. The van der Waals surface area contributed by atoms with Crippen LogP contribution in [0.25, 0.3) is 11.0 Å². The topological polar surface area (TPSA) is 92.5 Å². The van der Waals surface area contributed by atoms with E-state index in [2.05, 4.69) is 4.98 Å². The van der Waals surface area contributed by atoms with Crippen LogP contribution in [-0.4, -0.2) is 28.4 Å². The number of nitrogens with one attached hydrogen (secondary N) is 1. The molecule has 0 fully saturated rings. The third kappa shape index (κ3) is 2.85. The summed E-state index contributed by atoms with van der Waals surface area (Å²) in [7, 11) is 0. The van der Waals surface area contributed by atoms with Crippen molar-refractivity contribution in [3.63, 3.8) is 0 Å². The van der Waals surface area contributed by atoms with E-state index in [1.807, 2.05) is 0 Å². The van der Waals surface area contributed by atoms with Crippen LogP contribution in [0.3, 0.4) is 0 Å². The summed E-state index contributed by atoms with van der Waals surface area (Å²) >= 11 is 0. The summed E-state index contributed by atoms with van der Waals surface area (Å²) in [6.07, 6.45) is 3.07. The quantitative estimate of drug-likeness (QED) is 0.557. The molecule has 0 aliphatic carbocycles. The average molecular weight is 299 g/mol. The monoisotopic (exact) mass is 299 g/mol. The van der Waals surface area contributed by atoms with Gasteiger partial charge in [-0.1, -0.05) is 0 Å². The Kier molecular flexibility index (Phi) is 3.65. The number of phenolic OH excluding ortho intramolecular Hbond substituents is 1. The smallest absolute Gasteiger partial charge is 0.310 e. The fraction of sp³-hybridized carbons (Fsp3) is 0.125. The number of fused-ring (bicyclic) bond motifs is 1. The summed E-state index contributed by atoms with van der Waals surface area (Å²) in [6, 6.07) is 7.97. The maximum Gasteiger partial charge on any atom is 0.310 e. The first kappa shape index (κ1) is 13.9. The van der Waals surface area contributed by atoms with Gasteiger partial charge in [-0.25, -0.2) is 0 Å². The van der Waals surface area contributed by atoms with E-state index in [-0.39, 0.29) is 24.6 Å². The third-order valence-corrected chi connectivity index (χ3v) is 3.24. The van der Waals surface area contributed by atoms with Crippen molar-refractivity contribution in [2.45, 2.75) is 6.42 Å². The predicted molar refractivity (Wildman–Crippen MR) is 77.7 cm³/mol. The van der Waals surface area contributed by atoms with E-state index in [4.69, 9.17) is 9.15 Å². The number of carbonyl (C=O) groups excluding carboxylic acids is 2. The zero-order valence-electron chi connectivity index (χ0n) is 11.5. The van der Waals surface area contributed by atoms with E-state index in [1.54, 1.807) is 24.4 Å². The van der Waals surface area contributed by atoms with Gasteiger partial charge in [0.15, 0.2) is 6.61 Å². The molecule has 0 saturated heterocycles. The van der Waals surface area contributed by atoms with E-state index >= 15 is 0 Å². The summed E-state index contributed by atoms with van der Waals surface area (Å²) in [4.78, 5) is 26.3. The minimum absolute atomic E-state index is 0.00419. The van der Waals surface area contributed by atoms with Crippen LogP contribution in [0, 0.1) is 0 Å². The maximum atomic E-state index is 11.8. The lowest BCUT2D eigenvalue weighted by atomic mass is 10.1. The summed E-state index contributed by atoms with van der Waals surface area (Å²) < 4.78 is 10.2. The van der Waals surface area contributed by atoms with Crippen molar-refractivity contribution in [3.05, 3.63) is 54.0 Å². The molecule has 0 bridgehead atoms. The largest absolute Gasteiger partial charge is 0.508 e.